The number of methoxy groups -OCH3 is 1. The van der Waals surface area contributed by atoms with Gasteiger partial charge < -0.3 is 14.8 Å². The Morgan fingerprint density at radius 2 is 2.20 bits per heavy atom. The fourth-order valence-corrected chi connectivity index (χ4v) is 0.998. The van der Waals surface area contributed by atoms with Gasteiger partial charge in [-0.05, 0) is 16.8 Å². The van der Waals surface area contributed by atoms with Crippen molar-refractivity contribution in [1.82, 2.24) is 20.2 Å². The van der Waals surface area contributed by atoms with Gasteiger partial charge in [0, 0.05) is 27.3 Å². The van der Waals surface area contributed by atoms with Gasteiger partial charge in [-0.1, -0.05) is 5.10 Å². The molecule has 1 aromatic heterocycles. The predicted octanol–water partition coefficient (Wildman–Crippen LogP) is -0.325. The summed E-state index contributed by atoms with van der Waals surface area (Å²) in [6, 6.07) is 0. The smallest absolute Gasteiger partial charge is 0.242 e. The number of anilines is 1. The lowest BCUT2D eigenvalue weighted by atomic mass is 10.4. The molecule has 0 aromatic carbocycles. The van der Waals surface area contributed by atoms with Crippen LogP contribution in [0, 0.1) is 0 Å². The molecule has 0 spiro atoms. The monoisotopic (exact) mass is 215 g/mol. The number of ether oxygens (including phenoxy) is 2. The van der Waals surface area contributed by atoms with E-state index in [0.717, 1.165) is 13.0 Å². The normalized spacial score (nSPS) is 10.5. The van der Waals surface area contributed by atoms with Crippen LogP contribution in [0.15, 0.2) is 0 Å². The number of aromatic nitrogens is 4. The zero-order chi connectivity index (χ0) is 10.9. The Labute approximate surface area is 88.7 Å². The van der Waals surface area contributed by atoms with E-state index in [1.54, 1.807) is 18.8 Å². The van der Waals surface area contributed by atoms with E-state index < -0.39 is 0 Å². The van der Waals surface area contributed by atoms with Crippen LogP contribution in [0.2, 0.25) is 0 Å². The molecule has 0 saturated carbocycles. The van der Waals surface area contributed by atoms with E-state index in [9.17, 15) is 0 Å². The lowest BCUT2D eigenvalue weighted by Crippen LogP contribution is -2.11. The maximum absolute atomic E-state index is 5.30. The summed E-state index contributed by atoms with van der Waals surface area (Å²) in [6.45, 7) is 2.78. The van der Waals surface area contributed by atoms with Crippen molar-refractivity contribution in [2.24, 2.45) is 7.05 Å². The molecule has 0 radical (unpaired) electrons. The number of hydrogen-bond donors (Lipinski definition) is 1. The standard InChI is InChI=1S/C8H17N5O2/c1-13-8(10-11-12-13)9-4-3-5-15-7-6-14-2/h3-7H2,1-2H3,(H,9,10,12). The SMILES string of the molecule is COCCOCCCNc1nnnn1C. The highest BCUT2D eigenvalue weighted by Gasteiger charge is 1.98. The minimum Gasteiger partial charge on any atom is -0.382 e. The van der Waals surface area contributed by atoms with Gasteiger partial charge in [-0.15, -0.1) is 0 Å². The van der Waals surface area contributed by atoms with Gasteiger partial charge in [0.15, 0.2) is 0 Å². The van der Waals surface area contributed by atoms with Crippen LogP contribution < -0.4 is 5.32 Å². The van der Waals surface area contributed by atoms with E-state index in [1.165, 1.54) is 0 Å². The van der Waals surface area contributed by atoms with Gasteiger partial charge in [0.1, 0.15) is 0 Å². The van der Waals surface area contributed by atoms with Crippen LogP contribution in [0.5, 0.6) is 0 Å². The minimum absolute atomic E-state index is 0.640. The molecule has 7 nitrogen and oxygen atoms in total. The number of aryl methyl sites for hydroxylation is 1. The van der Waals surface area contributed by atoms with E-state index in [1.807, 2.05) is 0 Å². The molecule has 0 atom stereocenters. The van der Waals surface area contributed by atoms with Gasteiger partial charge in [0.05, 0.1) is 13.2 Å². The molecule has 1 N–H and O–H groups in total. The Hall–Kier alpha value is -1.21. The van der Waals surface area contributed by atoms with Gasteiger partial charge in [-0.2, -0.15) is 0 Å². The summed E-state index contributed by atoms with van der Waals surface area (Å²) in [5.74, 6) is 0.673. The van der Waals surface area contributed by atoms with Crippen molar-refractivity contribution >= 4 is 5.95 Å². The van der Waals surface area contributed by atoms with Crippen molar-refractivity contribution in [1.29, 1.82) is 0 Å². The molecular formula is C8H17N5O2. The largest absolute Gasteiger partial charge is 0.382 e. The molecule has 0 aliphatic rings. The summed E-state index contributed by atoms with van der Waals surface area (Å²) in [5.41, 5.74) is 0. The quantitative estimate of drug-likeness (QED) is 0.599. The molecule has 1 heterocycles. The van der Waals surface area contributed by atoms with Gasteiger partial charge in [-0.3, -0.25) is 0 Å². The van der Waals surface area contributed by atoms with Crippen molar-refractivity contribution in [3.8, 4) is 0 Å². The van der Waals surface area contributed by atoms with Crippen molar-refractivity contribution < 1.29 is 9.47 Å². The summed E-state index contributed by atoms with van der Waals surface area (Å²) in [4.78, 5) is 0. The van der Waals surface area contributed by atoms with Gasteiger partial charge >= 0.3 is 0 Å². The summed E-state index contributed by atoms with van der Waals surface area (Å²) >= 11 is 0. The summed E-state index contributed by atoms with van der Waals surface area (Å²) in [6.07, 6.45) is 0.913. The number of hydrogen-bond acceptors (Lipinski definition) is 6. The van der Waals surface area contributed by atoms with Crippen LogP contribution in [0.25, 0.3) is 0 Å². The first kappa shape index (κ1) is 11.9. The first-order chi connectivity index (χ1) is 7.34. The lowest BCUT2D eigenvalue weighted by Gasteiger charge is -2.04. The van der Waals surface area contributed by atoms with E-state index in [0.29, 0.717) is 25.8 Å². The van der Waals surface area contributed by atoms with Crippen LogP contribution in [0.3, 0.4) is 0 Å². The van der Waals surface area contributed by atoms with Crippen LogP contribution >= 0.6 is 0 Å². The molecule has 86 valence electrons. The van der Waals surface area contributed by atoms with E-state index in [4.69, 9.17) is 9.47 Å². The first-order valence-electron chi connectivity index (χ1n) is 4.87. The van der Waals surface area contributed by atoms with Crippen LogP contribution in [0.4, 0.5) is 5.95 Å². The van der Waals surface area contributed by atoms with Crippen molar-refractivity contribution in [2.75, 3.05) is 38.8 Å². The molecule has 0 unspecified atom stereocenters. The van der Waals surface area contributed by atoms with E-state index >= 15 is 0 Å². The number of tetrazole rings is 1. The van der Waals surface area contributed by atoms with Gasteiger partial charge in [0.2, 0.25) is 5.95 Å². The van der Waals surface area contributed by atoms with Crippen molar-refractivity contribution in [2.45, 2.75) is 6.42 Å². The molecule has 1 aromatic rings. The number of nitrogens with one attached hydrogen (secondary N) is 1. The van der Waals surface area contributed by atoms with Gasteiger partial charge in [-0.25, -0.2) is 4.68 Å². The van der Waals surface area contributed by atoms with E-state index in [2.05, 4.69) is 20.8 Å². The summed E-state index contributed by atoms with van der Waals surface area (Å²) in [5, 5.41) is 14.1. The predicted molar refractivity (Wildman–Crippen MR) is 54.6 cm³/mol. The number of rotatable bonds is 8. The molecule has 0 amide bonds. The third kappa shape index (κ3) is 4.71. The van der Waals surface area contributed by atoms with Crippen molar-refractivity contribution in [3.05, 3.63) is 0 Å². The maximum Gasteiger partial charge on any atom is 0.242 e. The zero-order valence-corrected chi connectivity index (χ0v) is 9.14. The molecule has 0 saturated heterocycles. The topological polar surface area (TPSA) is 74.1 Å². The molecule has 0 aliphatic heterocycles. The highest BCUT2D eigenvalue weighted by atomic mass is 16.5. The van der Waals surface area contributed by atoms with Gasteiger partial charge in [0.25, 0.3) is 0 Å². The Kier molecular flexibility index (Phi) is 5.64. The molecule has 15 heavy (non-hydrogen) atoms. The highest BCUT2D eigenvalue weighted by Crippen LogP contribution is 1.95. The maximum atomic E-state index is 5.30. The second-order valence-corrected chi connectivity index (χ2v) is 3.01. The summed E-state index contributed by atoms with van der Waals surface area (Å²) in [7, 11) is 3.45. The van der Waals surface area contributed by atoms with Crippen LogP contribution in [-0.2, 0) is 16.5 Å². The second-order valence-electron chi connectivity index (χ2n) is 3.01. The Bertz CT molecular complexity index is 265. The number of nitrogens with zero attached hydrogens (tertiary/aromatic N) is 4. The first-order valence-corrected chi connectivity index (χ1v) is 4.87. The van der Waals surface area contributed by atoms with E-state index in [-0.39, 0.29) is 0 Å². The fourth-order valence-electron chi connectivity index (χ4n) is 0.998. The Balaban J connectivity index is 1.96. The average Bonchev–Trinajstić information content (AvgIpc) is 2.63. The van der Waals surface area contributed by atoms with Crippen molar-refractivity contribution in [3.63, 3.8) is 0 Å². The summed E-state index contributed by atoms with van der Waals surface area (Å²) < 4.78 is 11.7. The molecular weight excluding hydrogens is 198 g/mol. The lowest BCUT2D eigenvalue weighted by molar-refractivity contribution is 0.0705. The fraction of sp³-hybridized carbons (Fsp3) is 0.875. The molecule has 0 aliphatic carbocycles. The average molecular weight is 215 g/mol. The molecule has 0 fully saturated rings. The minimum atomic E-state index is 0.640. The molecule has 7 heteroatoms. The Morgan fingerprint density at radius 3 is 2.87 bits per heavy atom. The second kappa shape index (κ2) is 7.13. The van der Waals surface area contributed by atoms with Crippen LogP contribution in [0.1, 0.15) is 6.42 Å². The highest BCUT2D eigenvalue weighted by molar-refractivity contribution is 5.20. The molecule has 1 rings (SSSR count). The molecule has 0 bridgehead atoms. The third-order valence-corrected chi connectivity index (χ3v) is 1.80. The zero-order valence-electron chi connectivity index (χ0n) is 9.14. The Morgan fingerprint density at radius 1 is 1.33 bits per heavy atom. The van der Waals surface area contributed by atoms with Crippen LogP contribution in [-0.4, -0.2) is 53.7 Å². The third-order valence-electron chi connectivity index (χ3n) is 1.80.